The van der Waals surface area contributed by atoms with Crippen LogP contribution < -0.4 is 14.5 Å². The minimum atomic E-state index is -3.79. The summed E-state index contributed by atoms with van der Waals surface area (Å²) in [7, 11) is -3.79. The fourth-order valence-corrected chi connectivity index (χ4v) is 4.57. The first kappa shape index (κ1) is 20.1. The van der Waals surface area contributed by atoms with Gasteiger partial charge in [0.1, 0.15) is 11.9 Å². The fourth-order valence-electron chi connectivity index (χ4n) is 3.40. The first-order valence-corrected chi connectivity index (χ1v) is 11.0. The van der Waals surface area contributed by atoms with Gasteiger partial charge in [-0.3, -0.25) is 9.10 Å². The molecule has 8 heteroatoms. The molecule has 1 saturated heterocycles. The van der Waals surface area contributed by atoms with Crippen LogP contribution in [0.5, 0.6) is 0 Å². The zero-order chi connectivity index (χ0) is 20.3. The monoisotopic (exact) mass is 405 g/mol. The molecule has 0 unspecified atom stereocenters. The van der Waals surface area contributed by atoms with Crippen molar-refractivity contribution in [2.24, 2.45) is 0 Å². The highest BCUT2D eigenvalue weighted by Gasteiger charge is 2.29. The fraction of sp³-hybridized carbons (Fsp3) is 0.350. The number of halogens is 1. The number of carbonyl (C=O) groups excluding carboxylic acids is 1. The zero-order valence-electron chi connectivity index (χ0n) is 15.9. The van der Waals surface area contributed by atoms with Gasteiger partial charge in [-0.1, -0.05) is 6.07 Å². The van der Waals surface area contributed by atoms with Crippen LogP contribution in [0.1, 0.15) is 19.8 Å². The van der Waals surface area contributed by atoms with Crippen molar-refractivity contribution in [3.05, 3.63) is 54.3 Å². The van der Waals surface area contributed by atoms with E-state index in [2.05, 4.69) is 10.2 Å². The normalized spacial score (nSPS) is 15.3. The summed E-state index contributed by atoms with van der Waals surface area (Å²) in [4.78, 5) is 15.0. The van der Waals surface area contributed by atoms with Gasteiger partial charge >= 0.3 is 0 Å². The second-order valence-corrected chi connectivity index (χ2v) is 8.80. The summed E-state index contributed by atoms with van der Waals surface area (Å²) in [6, 6.07) is 11.6. The van der Waals surface area contributed by atoms with Crippen LogP contribution in [0.15, 0.2) is 48.5 Å². The minimum absolute atomic E-state index is 0.106. The Morgan fingerprint density at radius 3 is 2.36 bits per heavy atom. The van der Waals surface area contributed by atoms with Crippen LogP contribution in [-0.4, -0.2) is 39.7 Å². The Labute approximate surface area is 165 Å². The van der Waals surface area contributed by atoms with Gasteiger partial charge in [-0.25, -0.2) is 12.8 Å². The second-order valence-electron chi connectivity index (χ2n) is 6.94. The van der Waals surface area contributed by atoms with Gasteiger partial charge in [0.25, 0.3) is 0 Å². The maximum atomic E-state index is 13.6. The summed E-state index contributed by atoms with van der Waals surface area (Å²) in [5.41, 5.74) is 1.78. The van der Waals surface area contributed by atoms with E-state index >= 15 is 0 Å². The molecule has 1 N–H and O–H groups in total. The predicted molar refractivity (Wildman–Crippen MR) is 110 cm³/mol. The van der Waals surface area contributed by atoms with Crippen LogP contribution >= 0.6 is 0 Å². The maximum Gasteiger partial charge on any atom is 0.247 e. The zero-order valence-corrected chi connectivity index (χ0v) is 16.7. The lowest BCUT2D eigenvalue weighted by Crippen LogP contribution is -2.45. The predicted octanol–water partition coefficient (Wildman–Crippen LogP) is 3.22. The van der Waals surface area contributed by atoms with Crippen LogP contribution in [0.3, 0.4) is 0 Å². The van der Waals surface area contributed by atoms with Crippen LogP contribution in [0, 0.1) is 5.82 Å². The number of anilines is 3. The molecular formula is C20H24FN3O3S. The molecule has 3 rings (SSSR count). The van der Waals surface area contributed by atoms with E-state index in [1.807, 2.05) is 12.1 Å². The molecule has 6 nitrogen and oxygen atoms in total. The molecule has 1 amide bonds. The summed E-state index contributed by atoms with van der Waals surface area (Å²) in [6.45, 7) is 3.53. The molecule has 1 atom stereocenters. The van der Waals surface area contributed by atoms with E-state index in [0.29, 0.717) is 5.69 Å². The molecule has 2 aromatic carbocycles. The average Bonchev–Trinajstić information content (AvgIpc) is 3.16. The van der Waals surface area contributed by atoms with Gasteiger partial charge in [0.15, 0.2) is 0 Å². The summed E-state index contributed by atoms with van der Waals surface area (Å²) in [6.07, 6.45) is 3.35. The summed E-state index contributed by atoms with van der Waals surface area (Å²) < 4.78 is 39.0. The van der Waals surface area contributed by atoms with Gasteiger partial charge in [0.2, 0.25) is 15.9 Å². The van der Waals surface area contributed by atoms with Crippen molar-refractivity contribution in [3.8, 4) is 0 Å². The van der Waals surface area contributed by atoms with Crippen molar-refractivity contribution >= 4 is 33.0 Å². The third-order valence-electron chi connectivity index (χ3n) is 4.76. The number of sulfonamides is 1. The van der Waals surface area contributed by atoms with Crippen LogP contribution in [0.25, 0.3) is 0 Å². The number of hydrogen-bond acceptors (Lipinski definition) is 4. The van der Waals surface area contributed by atoms with Gasteiger partial charge in [0, 0.05) is 24.5 Å². The number of benzene rings is 2. The van der Waals surface area contributed by atoms with Crippen molar-refractivity contribution in [1.82, 2.24) is 0 Å². The van der Waals surface area contributed by atoms with E-state index < -0.39 is 27.8 Å². The highest BCUT2D eigenvalue weighted by Crippen LogP contribution is 2.24. The molecule has 0 aliphatic carbocycles. The lowest BCUT2D eigenvalue weighted by Gasteiger charge is -2.28. The topological polar surface area (TPSA) is 69.7 Å². The largest absolute Gasteiger partial charge is 0.372 e. The van der Waals surface area contributed by atoms with E-state index in [1.54, 1.807) is 12.1 Å². The van der Waals surface area contributed by atoms with Crippen LogP contribution in [0.4, 0.5) is 21.5 Å². The molecule has 1 fully saturated rings. The Kier molecular flexibility index (Phi) is 5.88. The highest BCUT2D eigenvalue weighted by atomic mass is 32.2. The van der Waals surface area contributed by atoms with Crippen molar-refractivity contribution in [2.75, 3.05) is 33.9 Å². The lowest BCUT2D eigenvalue weighted by molar-refractivity contribution is -0.116. The molecule has 2 aromatic rings. The number of hydrogen-bond donors (Lipinski definition) is 1. The van der Waals surface area contributed by atoms with Crippen LogP contribution in [0.2, 0.25) is 0 Å². The van der Waals surface area contributed by atoms with E-state index in [-0.39, 0.29) is 5.69 Å². The maximum absolute atomic E-state index is 13.6. The van der Waals surface area contributed by atoms with Crippen molar-refractivity contribution < 1.29 is 17.6 Å². The average molecular weight is 405 g/mol. The molecule has 0 radical (unpaired) electrons. The number of nitrogens with one attached hydrogen (secondary N) is 1. The lowest BCUT2D eigenvalue weighted by atomic mass is 10.2. The first-order chi connectivity index (χ1) is 13.3. The quantitative estimate of drug-likeness (QED) is 0.801. The third-order valence-corrected chi connectivity index (χ3v) is 6.00. The summed E-state index contributed by atoms with van der Waals surface area (Å²) >= 11 is 0. The summed E-state index contributed by atoms with van der Waals surface area (Å²) in [5.74, 6) is -1.07. The van der Waals surface area contributed by atoms with Gasteiger partial charge in [-0.05, 0) is 62.2 Å². The Bertz CT molecular complexity index is 941. The molecule has 0 saturated carbocycles. The Morgan fingerprint density at radius 2 is 1.79 bits per heavy atom. The molecule has 0 spiro atoms. The number of amides is 1. The Morgan fingerprint density at radius 1 is 1.14 bits per heavy atom. The van der Waals surface area contributed by atoms with Crippen molar-refractivity contribution in [2.45, 2.75) is 25.8 Å². The molecule has 1 aliphatic heterocycles. The third kappa shape index (κ3) is 4.62. The summed E-state index contributed by atoms with van der Waals surface area (Å²) in [5, 5.41) is 2.74. The number of nitrogens with zero attached hydrogens (tertiary/aromatic N) is 2. The number of rotatable bonds is 6. The van der Waals surface area contributed by atoms with E-state index in [4.69, 9.17) is 0 Å². The number of carbonyl (C=O) groups is 1. The Hall–Kier alpha value is -2.61. The van der Waals surface area contributed by atoms with Crippen molar-refractivity contribution in [3.63, 3.8) is 0 Å². The van der Waals surface area contributed by atoms with E-state index in [0.717, 1.165) is 35.4 Å². The van der Waals surface area contributed by atoms with Gasteiger partial charge in [-0.2, -0.15) is 0 Å². The molecule has 1 heterocycles. The Balaban J connectivity index is 1.76. The molecule has 150 valence electrons. The molecule has 0 bridgehead atoms. The first-order valence-electron chi connectivity index (χ1n) is 9.16. The molecular weight excluding hydrogens is 381 g/mol. The molecule has 1 aliphatic rings. The minimum Gasteiger partial charge on any atom is -0.372 e. The molecule has 28 heavy (non-hydrogen) atoms. The smallest absolute Gasteiger partial charge is 0.247 e. The van der Waals surface area contributed by atoms with Crippen molar-refractivity contribution in [1.29, 1.82) is 0 Å². The standard InChI is InChI=1S/C20H24FN3O3S/c1-15(24(28(2,26)27)19-7-5-6-16(21)14-19)20(25)22-17-8-10-18(11-9-17)23-12-3-4-13-23/h5-11,14-15H,3-4,12-13H2,1-2H3,(H,22,25)/t15-/m0/s1. The van der Waals surface area contributed by atoms with Gasteiger partial charge in [-0.15, -0.1) is 0 Å². The molecule has 0 aromatic heterocycles. The van der Waals surface area contributed by atoms with E-state index in [1.165, 1.54) is 38.0 Å². The van der Waals surface area contributed by atoms with Gasteiger partial charge in [0.05, 0.1) is 11.9 Å². The van der Waals surface area contributed by atoms with Crippen LogP contribution in [-0.2, 0) is 14.8 Å². The second kappa shape index (κ2) is 8.18. The highest BCUT2D eigenvalue weighted by molar-refractivity contribution is 7.92. The van der Waals surface area contributed by atoms with E-state index in [9.17, 15) is 17.6 Å². The SMILES string of the molecule is C[C@@H](C(=O)Nc1ccc(N2CCCC2)cc1)N(c1cccc(F)c1)S(C)(=O)=O. The van der Waals surface area contributed by atoms with Gasteiger partial charge < -0.3 is 10.2 Å².